The van der Waals surface area contributed by atoms with Crippen LogP contribution >= 0.6 is 11.6 Å². The number of ether oxygens (including phenoxy) is 1. The van der Waals surface area contributed by atoms with Crippen LogP contribution in [-0.4, -0.2) is 33.4 Å². The van der Waals surface area contributed by atoms with E-state index in [1.165, 1.54) is 12.1 Å². The number of nitrogens with one attached hydrogen (secondary N) is 1. The largest absolute Gasteiger partial charge is 0.480 e. The van der Waals surface area contributed by atoms with E-state index in [0.29, 0.717) is 11.6 Å². The van der Waals surface area contributed by atoms with Crippen LogP contribution in [0.5, 0.6) is 5.75 Å². The van der Waals surface area contributed by atoms with E-state index in [9.17, 15) is 9.59 Å². The minimum Gasteiger partial charge on any atom is -0.480 e. The first-order chi connectivity index (χ1) is 12.7. The smallest absolute Gasteiger partial charge is 0.341 e. The molecule has 146 valence electrons. The number of nitrogens with zero attached hydrogens (tertiary/aromatic N) is 2. The van der Waals surface area contributed by atoms with E-state index in [0.717, 1.165) is 23.5 Å². The monoisotopic (exact) mass is 393 g/mol. The normalized spacial score (nSPS) is 10.9. The SMILES string of the molecule is Cc1nn(CC(C)C)c(C)c1CC(=O)Nc1ccc(OCC(=O)O)c(Cl)c1. The van der Waals surface area contributed by atoms with Crippen LogP contribution in [0.1, 0.15) is 30.8 Å². The quantitative estimate of drug-likeness (QED) is 0.716. The van der Waals surface area contributed by atoms with Crippen LogP contribution in [0.2, 0.25) is 5.02 Å². The van der Waals surface area contributed by atoms with Gasteiger partial charge >= 0.3 is 5.97 Å². The van der Waals surface area contributed by atoms with Crippen molar-refractivity contribution in [3.8, 4) is 5.75 Å². The Balaban J connectivity index is 2.05. The lowest BCUT2D eigenvalue weighted by atomic mass is 10.1. The van der Waals surface area contributed by atoms with Gasteiger partial charge in [0, 0.05) is 23.5 Å². The first-order valence-corrected chi connectivity index (χ1v) is 9.02. The van der Waals surface area contributed by atoms with Gasteiger partial charge in [-0.3, -0.25) is 9.48 Å². The summed E-state index contributed by atoms with van der Waals surface area (Å²) in [5, 5.41) is 16.2. The van der Waals surface area contributed by atoms with Crippen LogP contribution in [0.15, 0.2) is 18.2 Å². The molecular weight excluding hydrogens is 370 g/mol. The molecule has 0 unspecified atom stereocenters. The molecule has 2 rings (SSSR count). The van der Waals surface area contributed by atoms with E-state index in [2.05, 4.69) is 24.3 Å². The summed E-state index contributed by atoms with van der Waals surface area (Å²) >= 11 is 6.08. The lowest BCUT2D eigenvalue weighted by Crippen LogP contribution is -2.16. The highest BCUT2D eigenvalue weighted by molar-refractivity contribution is 6.32. The molecule has 2 aromatic rings. The van der Waals surface area contributed by atoms with E-state index in [-0.39, 0.29) is 23.1 Å². The van der Waals surface area contributed by atoms with Gasteiger partial charge in [0.1, 0.15) is 5.75 Å². The van der Waals surface area contributed by atoms with Crippen LogP contribution in [0, 0.1) is 19.8 Å². The number of halogens is 1. The number of aromatic nitrogens is 2. The van der Waals surface area contributed by atoms with E-state index in [1.54, 1.807) is 6.07 Å². The number of carboxylic acid groups (broad SMARTS) is 1. The van der Waals surface area contributed by atoms with Gasteiger partial charge in [-0.15, -0.1) is 0 Å². The molecule has 7 nitrogen and oxygen atoms in total. The first kappa shape index (κ1) is 20.8. The third kappa shape index (κ3) is 5.72. The number of aliphatic carboxylic acids is 1. The van der Waals surface area contributed by atoms with Gasteiger partial charge in [-0.25, -0.2) is 4.79 Å². The summed E-state index contributed by atoms with van der Waals surface area (Å²) in [6, 6.07) is 4.67. The topological polar surface area (TPSA) is 93.5 Å². The van der Waals surface area contributed by atoms with Crippen LogP contribution in [-0.2, 0) is 22.6 Å². The predicted molar refractivity (Wildman–Crippen MR) is 103 cm³/mol. The number of hydrogen-bond acceptors (Lipinski definition) is 4. The highest BCUT2D eigenvalue weighted by Crippen LogP contribution is 2.28. The maximum Gasteiger partial charge on any atom is 0.341 e. The van der Waals surface area contributed by atoms with Gasteiger partial charge in [0.05, 0.1) is 17.1 Å². The number of carbonyl (C=O) groups excluding carboxylic acids is 1. The maximum absolute atomic E-state index is 12.4. The van der Waals surface area contributed by atoms with Crippen molar-refractivity contribution in [3.63, 3.8) is 0 Å². The van der Waals surface area contributed by atoms with Gasteiger partial charge in [0.2, 0.25) is 5.91 Å². The number of benzene rings is 1. The van der Waals surface area contributed by atoms with Crippen molar-refractivity contribution in [2.75, 3.05) is 11.9 Å². The van der Waals surface area contributed by atoms with Crippen molar-refractivity contribution in [1.82, 2.24) is 9.78 Å². The van der Waals surface area contributed by atoms with Crippen molar-refractivity contribution >= 4 is 29.2 Å². The molecule has 0 atom stereocenters. The van der Waals surface area contributed by atoms with E-state index < -0.39 is 12.6 Å². The van der Waals surface area contributed by atoms with Gasteiger partial charge in [-0.2, -0.15) is 5.10 Å². The number of aryl methyl sites for hydroxylation is 1. The molecule has 0 fully saturated rings. The molecule has 0 radical (unpaired) electrons. The summed E-state index contributed by atoms with van der Waals surface area (Å²) in [4.78, 5) is 23.0. The fourth-order valence-electron chi connectivity index (χ4n) is 2.71. The van der Waals surface area contributed by atoms with Crippen LogP contribution in [0.3, 0.4) is 0 Å². The molecule has 0 saturated heterocycles. The lowest BCUT2D eigenvalue weighted by Gasteiger charge is -2.10. The van der Waals surface area contributed by atoms with Crippen molar-refractivity contribution in [2.24, 2.45) is 5.92 Å². The number of anilines is 1. The third-order valence-electron chi connectivity index (χ3n) is 3.97. The minimum atomic E-state index is -1.09. The summed E-state index contributed by atoms with van der Waals surface area (Å²) in [6.45, 7) is 8.44. The Morgan fingerprint density at radius 2 is 2.04 bits per heavy atom. The average molecular weight is 394 g/mol. The molecule has 1 amide bonds. The molecule has 27 heavy (non-hydrogen) atoms. The summed E-state index contributed by atoms with van der Waals surface area (Å²) < 4.78 is 7.00. The maximum atomic E-state index is 12.4. The van der Waals surface area contributed by atoms with E-state index >= 15 is 0 Å². The number of hydrogen-bond donors (Lipinski definition) is 2. The Hall–Kier alpha value is -2.54. The summed E-state index contributed by atoms with van der Waals surface area (Å²) in [7, 11) is 0. The Labute approximate surface area is 163 Å². The fourth-order valence-corrected chi connectivity index (χ4v) is 2.95. The molecule has 1 aromatic heterocycles. The number of carboxylic acids is 1. The van der Waals surface area contributed by atoms with E-state index in [4.69, 9.17) is 21.4 Å². The fraction of sp³-hybridized carbons (Fsp3) is 0.421. The second-order valence-corrected chi connectivity index (χ2v) is 7.19. The second kappa shape index (κ2) is 8.90. The third-order valence-corrected chi connectivity index (χ3v) is 4.27. The number of carbonyl (C=O) groups is 2. The average Bonchev–Trinajstić information content (AvgIpc) is 2.80. The molecule has 1 heterocycles. The van der Waals surface area contributed by atoms with Crippen LogP contribution in [0.25, 0.3) is 0 Å². The minimum absolute atomic E-state index is 0.180. The molecule has 0 spiro atoms. The number of amides is 1. The molecule has 0 aliphatic carbocycles. The Morgan fingerprint density at radius 1 is 1.33 bits per heavy atom. The van der Waals surface area contributed by atoms with Crippen molar-refractivity contribution < 1.29 is 19.4 Å². The lowest BCUT2D eigenvalue weighted by molar-refractivity contribution is -0.139. The molecule has 0 saturated carbocycles. The highest BCUT2D eigenvalue weighted by Gasteiger charge is 2.16. The number of rotatable bonds is 8. The highest BCUT2D eigenvalue weighted by atomic mass is 35.5. The van der Waals surface area contributed by atoms with E-state index in [1.807, 2.05) is 18.5 Å². The standard InChI is InChI=1S/C19H24ClN3O4/c1-11(2)9-23-13(4)15(12(3)22-23)8-18(24)21-14-5-6-17(16(20)7-14)27-10-19(25)26/h5-7,11H,8-10H2,1-4H3,(H,21,24)(H,25,26). The summed E-state index contributed by atoms with van der Waals surface area (Å²) in [6.07, 6.45) is 0.213. The van der Waals surface area contributed by atoms with Gasteiger partial charge in [0.25, 0.3) is 0 Å². The zero-order valence-electron chi connectivity index (χ0n) is 15.9. The van der Waals surface area contributed by atoms with Crippen molar-refractivity contribution in [3.05, 3.63) is 40.2 Å². The molecule has 0 aliphatic rings. The van der Waals surface area contributed by atoms with Gasteiger partial charge in [-0.05, 0) is 38.0 Å². The van der Waals surface area contributed by atoms with Crippen LogP contribution in [0.4, 0.5) is 5.69 Å². The zero-order valence-corrected chi connectivity index (χ0v) is 16.6. The molecule has 2 N–H and O–H groups in total. The second-order valence-electron chi connectivity index (χ2n) is 6.78. The van der Waals surface area contributed by atoms with Gasteiger partial charge in [-0.1, -0.05) is 25.4 Å². The zero-order chi connectivity index (χ0) is 20.1. The first-order valence-electron chi connectivity index (χ1n) is 8.64. The van der Waals surface area contributed by atoms with Crippen LogP contribution < -0.4 is 10.1 Å². The predicted octanol–water partition coefficient (Wildman–Crippen LogP) is 3.45. The Kier molecular flexibility index (Phi) is 6.85. The molecule has 0 aliphatic heterocycles. The van der Waals surface area contributed by atoms with Gasteiger partial charge in [0.15, 0.2) is 6.61 Å². The molecule has 0 bridgehead atoms. The molecular formula is C19H24ClN3O4. The van der Waals surface area contributed by atoms with Crippen molar-refractivity contribution in [2.45, 2.75) is 40.7 Å². The molecule has 8 heteroatoms. The summed E-state index contributed by atoms with van der Waals surface area (Å²) in [5.41, 5.74) is 3.27. The van der Waals surface area contributed by atoms with Gasteiger partial charge < -0.3 is 15.2 Å². The van der Waals surface area contributed by atoms with Crippen molar-refractivity contribution in [1.29, 1.82) is 0 Å². The Bertz CT molecular complexity index is 846. The summed E-state index contributed by atoms with van der Waals surface area (Å²) in [5.74, 6) is -0.555. The molecule has 1 aromatic carbocycles. The Morgan fingerprint density at radius 3 is 2.63 bits per heavy atom.